The molecule has 5 rings (SSSR count). The Morgan fingerprint density at radius 2 is 2.03 bits per heavy atom. The summed E-state index contributed by atoms with van der Waals surface area (Å²) in [7, 11) is 0. The van der Waals surface area contributed by atoms with E-state index in [9.17, 15) is 4.79 Å². The van der Waals surface area contributed by atoms with Crippen LogP contribution in [0.25, 0.3) is 11.5 Å². The van der Waals surface area contributed by atoms with Gasteiger partial charge in [0.15, 0.2) is 11.5 Å². The normalized spacial score (nSPS) is 17.0. The van der Waals surface area contributed by atoms with E-state index in [1.54, 1.807) is 6.07 Å². The summed E-state index contributed by atoms with van der Waals surface area (Å²) in [4.78, 5) is 12.4. The summed E-state index contributed by atoms with van der Waals surface area (Å²) in [6.45, 7) is 0.213. The molecule has 1 unspecified atom stereocenters. The van der Waals surface area contributed by atoms with Gasteiger partial charge in [-0.15, -0.1) is 10.2 Å². The number of hydrogen-bond donors (Lipinski definition) is 1. The van der Waals surface area contributed by atoms with Crippen molar-refractivity contribution in [3.05, 3.63) is 53.6 Å². The molecule has 8 heteroatoms. The number of nitrogens with zero attached hydrogens (tertiary/aromatic N) is 2. The number of rotatable bonds is 5. The zero-order valence-corrected chi connectivity index (χ0v) is 16.4. The molecule has 1 aliphatic carbocycles. The predicted molar refractivity (Wildman–Crippen MR) is 107 cm³/mol. The number of amides is 1. The van der Waals surface area contributed by atoms with Crippen LogP contribution in [0.3, 0.4) is 0 Å². The molecule has 29 heavy (non-hydrogen) atoms. The van der Waals surface area contributed by atoms with Gasteiger partial charge in [0.2, 0.25) is 18.6 Å². The number of carbonyl (C=O) groups is 1. The smallest absolute Gasteiger partial charge is 0.277 e. The van der Waals surface area contributed by atoms with Crippen LogP contribution in [0, 0.1) is 0 Å². The third-order valence-corrected chi connectivity index (χ3v) is 5.88. The molecule has 1 amide bonds. The lowest BCUT2D eigenvalue weighted by Crippen LogP contribution is -2.32. The van der Waals surface area contributed by atoms with Gasteiger partial charge in [-0.1, -0.05) is 36.0 Å². The first-order chi connectivity index (χ1) is 14.3. The number of nitrogens with one attached hydrogen (secondary N) is 1. The third-order valence-electron chi connectivity index (χ3n) is 5.06. The maximum Gasteiger partial charge on any atom is 0.277 e. The number of aryl methyl sites for hydroxylation is 1. The number of ether oxygens (including phenoxy) is 2. The molecular formula is C21H19N3O4S. The van der Waals surface area contributed by atoms with Crippen LogP contribution in [0.15, 0.2) is 52.1 Å². The van der Waals surface area contributed by atoms with Gasteiger partial charge in [-0.25, -0.2) is 0 Å². The Morgan fingerprint density at radius 3 is 3.00 bits per heavy atom. The van der Waals surface area contributed by atoms with Crippen molar-refractivity contribution in [2.24, 2.45) is 0 Å². The molecule has 0 saturated carbocycles. The van der Waals surface area contributed by atoms with Gasteiger partial charge in [-0.2, -0.15) is 0 Å². The van der Waals surface area contributed by atoms with E-state index in [1.807, 2.05) is 24.3 Å². The van der Waals surface area contributed by atoms with E-state index in [4.69, 9.17) is 13.9 Å². The standard InChI is InChI=1S/C21H19N3O4S/c25-19(22-16-7-3-5-13-4-1-2-6-15(13)16)11-29-21-24-23-20(28-21)14-8-9-17-18(10-14)27-12-26-17/h1-2,4,6,8-10,16H,3,5,7,11-12H2,(H,22,25). The van der Waals surface area contributed by atoms with Gasteiger partial charge in [0.1, 0.15) is 0 Å². The number of carbonyl (C=O) groups excluding carboxylic acids is 1. The fourth-order valence-electron chi connectivity index (χ4n) is 3.68. The zero-order valence-electron chi connectivity index (χ0n) is 15.6. The number of aromatic nitrogens is 2. The average molecular weight is 409 g/mol. The maximum absolute atomic E-state index is 12.4. The van der Waals surface area contributed by atoms with E-state index < -0.39 is 0 Å². The second-order valence-corrected chi connectivity index (χ2v) is 7.87. The van der Waals surface area contributed by atoms with Crippen LogP contribution in [0.1, 0.15) is 30.0 Å². The molecule has 3 aromatic rings. The minimum atomic E-state index is -0.0421. The molecule has 7 nitrogen and oxygen atoms in total. The summed E-state index contributed by atoms with van der Waals surface area (Å²) >= 11 is 1.23. The highest BCUT2D eigenvalue weighted by atomic mass is 32.2. The predicted octanol–water partition coefficient (Wildman–Crippen LogP) is 3.75. The van der Waals surface area contributed by atoms with Gasteiger partial charge in [0.25, 0.3) is 5.22 Å². The van der Waals surface area contributed by atoms with E-state index in [1.165, 1.54) is 22.9 Å². The fourth-order valence-corrected chi connectivity index (χ4v) is 4.26. The zero-order chi connectivity index (χ0) is 19.6. The van der Waals surface area contributed by atoms with Crippen molar-refractivity contribution in [3.8, 4) is 23.0 Å². The quantitative estimate of drug-likeness (QED) is 0.642. The first kappa shape index (κ1) is 18.1. The molecule has 1 aliphatic heterocycles. The van der Waals surface area contributed by atoms with E-state index in [-0.39, 0.29) is 24.5 Å². The van der Waals surface area contributed by atoms with Crippen molar-refractivity contribution >= 4 is 17.7 Å². The minimum Gasteiger partial charge on any atom is -0.454 e. The Bertz CT molecular complexity index is 1050. The number of thioether (sulfide) groups is 1. The van der Waals surface area contributed by atoms with Crippen molar-refractivity contribution in [2.75, 3.05) is 12.5 Å². The number of benzene rings is 2. The van der Waals surface area contributed by atoms with Crippen molar-refractivity contribution in [1.29, 1.82) is 0 Å². The summed E-state index contributed by atoms with van der Waals surface area (Å²) in [6, 6.07) is 13.8. The lowest BCUT2D eigenvalue weighted by Gasteiger charge is -2.26. The number of fused-ring (bicyclic) bond motifs is 2. The lowest BCUT2D eigenvalue weighted by molar-refractivity contribution is -0.119. The average Bonchev–Trinajstić information content (AvgIpc) is 3.41. The SMILES string of the molecule is O=C(CSc1nnc(-c2ccc3c(c2)OCO3)o1)NC1CCCc2ccccc21. The van der Waals surface area contributed by atoms with Gasteiger partial charge in [0.05, 0.1) is 11.8 Å². The molecule has 1 N–H and O–H groups in total. The van der Waals surface area contributed by atoms with E-state index in [0.29, 0.717) is 22.6 Å². The summed E-state index contributed by atoms with van der Waals surface area (Å²) in [5.74, 6) is 1.92. The highest BCUT2D eigenvalue weighted by Gasteiger charge is 2.22. The molecule has 0 bridgehead atoms. The van der Waals surface area contributed by atoms with E-state index in [0.717, 1.165) is 24.8 Å². The van der Waals surface area contributed by atoms with Crippen LogP contribution in [-0.2, 0) is 11.2 Å². The van der Waals surface area contributed by atoms with Crippen LogP contribution < -0.4 is 14.8 Å². The Balaban J connectivity index is 1.20. The van der Waals surface area contributed by atoms with Gasteiger partial charge >= 0.3 is 0 Å². The number of hydrogen-bond acceptors (Lipinski definition) is 7. The Labute approximate surface area is 171 Å². The molecule has 0 radical (unpaired) electrons. The van der Waals surface area contributed by atoms with Crippen LogP contribution in [0.4, 0.5) is 0 Å². The van der Waals surface area contributed by atoms with Crippen LogP contribution in [-0.4, -0.2) is 28.7 Å². The van der Waals surface area contributed by atoms with E-state index >= 15 is 0 Å². The van der Waals surface area contributed by atoms with Crippen molar-refractivity contribution in [2.45, 2.75) is 30.5 Å². The second-order valence-electron chi connectivity index (χ2n) is 6.94. The molecule has 1 atom stereocenters. The van der Waals surface area contributed by atoms with Crippen LogP contribution >= 0.6 is 11.8 Å². The molecule has 0 saturated heterocycles. The molecular weight excluding hydrogens is 390 g/mol. The summed E-state index contributed by atoms with van der Waals surface area (Å²) in [5, 5.41) is 11.6. The van der Waals surface area contributed by atoms with Crippen molar-refractivity contribution < 1.29 is 18.7 Å². The summed E-state index contributed by atoms with van der Waals surface area (Å²) in [5.41, 5.74) is 3.29. The van der Waals surface area contributed by atoms with Gasteiger partial charge in [-0.3, -0.25) is 4.79 Å². The highest BCUT2D eigenvalue weighted by Crippen LogP contribution is 2.36. The molecule has 2 aliphatic rings. The van der Waals surface area contributed by atoms with Gasteiger partial charge in [0, 0.05) is 5.56 Å². The fraction of sp³-hybridized carbons (Fsp3) is 0.286. The van der Waals surface area contributed by atoms with Gasteiger partial charge in [-0.05, 0) is 48.6 Å². The van der Waals surface area contributed by atoms with E-state index in [2.05, 4.69) is 27.6 Å². The molecule has 2 heterocycles. The molecule has 1 aromatic heterocycles. The Morgan fingerprint density at radius 1 is 1.14 bits per heavy atom. The van der Waals surface area contributed by atoms with Crippen LogP contribution in [0.2, 0.25) is 0 Å². The molecule has 0 spiro atoms. The first-order valence-electron chi connectivity index (χ1n) is 9.50. The summed E-state index contributed by atoms with van der Waals surface area (Å²) < 4.78 is 16.4. The maximum atomic E-state index is 12.4. The lowest BCUT2D eigenvalue weighted by atomic mass is 9.88. The third kappa shape index (κ3) is 3.80. The largest absolute Gasteiger partial charge is 0.454 e. The monoisotopic (exact) mass is 409 g/mol. The van der Waals surface area contributed by atoms with Gasteiger partial charge < -0.3 is 19.2 Å². The Kier molecular flexibility index (Phi) is 4.85. The molecule has 2 aromatic carbocycles. The van der Waals surface area contributed by atoms with Crippen molar-refractivity contribution in [1.82, 2.24) is 15.5 Å². The summed E-state index contributed by atoms with van der Waals surface area (Å²) in [6.07, 6.45) is 3.11. The topological polar surface area (TPSA) is 86.5 Å². The minimum absolute atomic E-state index is 0.0421. The highest BCUT2D eigenvalue weighted by molar-refractivity contribution is 7.99. The molecule has 148 valence electrons. The van der Waals surface area contributed by atoms with Crippen molar-refractivity contribution in [3.63, 3.8) is 0 Å². The second kappa shape index (κ2) is 7.79. The Hall–Kier alpha value is -3.00. The molecule has 0 fully saturated rings. The van der Waals surface area contributed by atoms with Crippen LogP contribution in [0.5, 0.6) is 11.5 Å². The first-order valence-corrected chi connectivity index (χ1v) is 10.5.